The van der Waals surface area contributed by atoms with E-state index in [-0.39, 0.29) is 5.97 Å². The minimum atomic E-state index is -0.326. The first-order valence-corrected chi connectivity index (χ1v) is 6.89. The third-order valence-electron chi connectivity index (χ3n) is 3.82. The SMILES string of the molecule is CCOC(=O)c1nc2c3c(ccn2c1C)CCCC3. The molecule has 0 N–H and O–H groups in total. The molecule has 2 heterocycles. The second-order valence-electron chi connectivity index (χ2n) is 4.99. The second-order valence-corrected chi connectivity index (χ2v) is 4.99. The van der Waals surface area contributed by atoms with Gasteiger partial charge in [0.15, 0.2) is 5.69 Å². The Hall–Kier alpha value is -1.84. The Bertz CT molecular complexity index is 643. The molecule has 1 aliphatic carbocycles. The summed E-state index contributed by atoms with van der Waals surface area (Å²) in [5.74, 6) is -0.326. The van der Waals surface area contributed by atoms with Crippen LogP contribution >= 0.6 is 0 Å². The molecule has 0 radical (unpaired) electrons. The molecule has 2 aromatic heterocycles. The molecule has 4 heteroatoms. The van der Waals surface area contributed by atoms with E-state index in [2.05, 4.69) is 11.1 Å². The van der Waals surface area contributed by atoms with E-state index in [0.29, 0.717) is 12.3 Å². The molecule has 3 rings (SSSR count). The normalized spacial score (nSPS) is 14.4. The van der Waals surface area contributed by atoms with Crippen LogP contribution in [0.5, 0.6) is 0 Å². The summed E-state index contributed by atoms with van der Waals surface area (Å²) >= 11 is 0. The number of imidazole rings is 1. The maximum Gasteiger partial charge on any atom is 0.358 e. The third kappa shape index (κ3) is 1.91. The Morgan fingerprint density at radius 3 is 3.00 bits per heavy atom. The largest absolute Gasteiger partial charge is 0.461 e. The van der Waals surface area contributed by atoms with Gasteiger partial charge in [-0.05, 0) is 56.7 Å². The summed E-state index contributed by atoms with van der Waals surface area (Å²) in [5.41, 5.74) is 4.91. The molecule has 0 fully saturated rings. The molecule has 4 nitrogen and oxygen atoms in total. The maximum absolute atomic E-state index is 11.9. The van der Waals surface area contributed by atoms with Gasteiger partial charge in [-0.2, -0.15) is 0 Å². The zero-order valence-electron chi connectivity index (χ0n) is 11.4. The number of carbonyl (C=O) groups excluding carboxylic acids is 1. The number of aryl methyl sites for hydroxylation is 3. The van der Waals surface area contributed by atoms with Crippen molar-refractivity contribution in [2.75, 3.05) is 6.61 Å². The van der Waals surface area contributed by atoms with Gasteiger partial charge in [-0.25, -0.2) is 9.78 Å². The van der Waals surface area contributed by atoms with Gasteiger partial charge < -0.3 is 9.14 Å². The average Bonchev–Trinajstić information content (AvgIpc) is 2.77. The molecule has 19 heavy (non-hydrogen) atoms. The van der Waals surface area contributed by atoms with Gasteiger partial charge in [-0.15, -0.1) is 0 Å². The van der Waals surface area contributed by atoms with Crippen LogP contribution in [-0.4, -0.2) is 22.0 Å². The fraction of sp³-hybridized carbons (Fsp3) is 0.467. The molecule has 100 valence electrons. The van der Waals surface area contributed by atoms with Gasteiger partial charge >= 0.3 is 5.97 Å². The summed E-state index contributed by atoms with van der Waals surface area (Å²) < 4.78 is 7.08. The second kappa shape index (κ2) is 4.68. The molecule has 0 unspecified atom stereocenters. The number of ether oxygens (including phenoxy) is 1. The van der Waals surface area contributed by atoms with Crippen molar-refractivity contribution in [3.05, 3.63) is 34.8 Å². The molecule has 0 saturated heterocycles. The van der Waals surface area contributed by atoms with Crippen LogP contribution in [0.15, 0.2) is 12.3 Å². The number of hydrogen-bond acceptors (Lipinski definition) is 3. The Labute approximate surface area is 112 Å². The van der Waals surface area contributed by atoms with Gasteiger partial charge in [0, 0.05) is 6.20 Å². The van der Waals surface area contributed by atoms with Gasteiger partial charge in [-0.1, -0.05) is 0 Å². The molecule has 0 amide bonds. The van der Waals surface area contributed by atoms with E-state index in [1.54, 1.807) is 0 Å². The van der Waals surface area contributed by atoms with E-state index in [1.165, 1.54) is 24.0 Å². The molecule has 0 atom stereocenters. The number of aromatic nitrogens is 2. The number of nitrogens with zero attached hydrogens (tertiary/aromatic N) is 2. The Balaban J connectivity index is 2.17. The summed E-state index contributed by atoms with van der Waals surface area (Å²) in [4.78, 5) is 16.4. The molecule has 0 saturated carbocycles. The summed E-state index contributed by atoms with van der Waals surface area (Å²) in [7, 11) is 0. The van der Waals surface area contributed by atoms with E-state index in [1.807, 2.05) is 24.4 Å². The topological polar surface area (TPSA) is 43.6 Å². The van der Waals surface area contributed by atoms with Crippen molar-refractivity contribution in [2.45, 2.75) is 39.5 Å². The highest BCUT2D eigenvalue weighted by Crippen LogP contribution is 2.26. The highest BCUT2D eigenvalue weighted by molar-refractivity contribution is 5.89. The van der Waals surface area contributed by atoms with Gasteiger partial charge in [0.1, 0.15) is 5.65 Å². The fourth-order valence-corrected chi connectivity index (χ4v) is 2.83. The lowest BCUT2D eigenvalue weighted by Gasteiger charge is -2.16. The Morgan fingerprint density at radius 2 is 2.21 bits per heavy atom. The zero-order chi connectivity index (χ0) is 13.4. The van der Waals surface area contributed by atoms with Crippen molar-refractivity contribution in [1.82, 2.24) is 9.38 Å². The summed E-state index contributed by atoms with van der Waals surface area (Å²) in [6.07, 6.45) is 6.64. The van der Waals surface area contributed by atoms with E-state index in [4.69, 9.17) is 4.74 Å². The molecule has 0 spiro atoms. The molecular formula is C15H18N2O2. The molecular weight excluding hydrogens is 240 g/mol. The zero-order valence-corrected chi connectivity index (χ0v) is 11.4. The van der Waals surface area contributed by atoms with Crippen LogP contribution in [0.25, 0.3) is 5.65 Å². The number of esters is 1. The average molecular weight is 258 g/mol. The Kier molecular flexibility index (Phi) is 3.01. The molecule has 1 aliphatic rings. The van der Waals surface area contributed by atoms with Crippen LogP contribution in [0.3, 0.4) is 0 Å². The molecule has 0 bridgehead atoms. The van der Waals surface area contributed by atoms with Crippen molar-refractivity contribution >= 4 is 11.6 Å². The van der Waals surface area contributed by atoms with Crippen LogP contribution in [-0.2, 0) is 17.6 Å². The van der Waals surface area contributed by atoms with Crippen molar-refractivity contribution in [3.8, 4) is 0 Å². The van der Waals surface area contributed by atoms with Crippen molar-refractivity contribution in [3.63, 3.8) is 0 Å². The van der Waals surface area contributed by atoms with Crippen LogP contribution in [0.2, 0.25) is 0 Å². The minimum absolute atomic E-state index is 0.326. The molecule has 2 aromatic rings. The molecule has 0 aliphatic heterocycles. The lowest BCUT2D eigenvalue weighted by molar-refractivity contribution is 0.0519. The van der Waals surface area contributed by atoms with Crippen LogP contribution in [0, 0.1) is 6.92 Å². The number of carbonyl (C=O) groups is 1. The maximum atomic E-state index is 11.9. The standard InChI is InChI=1S/C15H18N2O2/c1-3-19-15(18)13-10(2)17-9-8-11-6-4-5-7-12(11)14(17)16-13/h8-9H,3-7H2,1-2H3. The lowest BCUT2D eigenvalue weighted by atomic mass is 9.93. The van der Waals surface area contributed by atoms with Crippen LogP contribution in [0.1, 0.15) is 47.1 Å². The minimum Gasteiger partial charge on any atom is -0.461 e. The predicted molar refractivity (Wildman–Crippen MR) is 72.5 cm³/mol. The van der Waals surface area contributed by atoms with E-state index in [9.17, 15) is 4.79 Å². The van der Waals surface area contributed by atoms with Crippen LogP contribution < -0.4 is 0 Å². The first-order chi connectivity index (χ1) is 9.22. The highest BCUT2D eigenvalue weighted by atomic mass is 16.5. The number of pyridine rings is 1. The highest BCUT2D eigenvalue weighted by Gasteiger charge is 2.21. The quantitative estimate of drug-likeness (QED) is 0.778. The van der Waals surface area contributed by atoms with Gasteiger partial charge in [-0.3, -0.25) is 0 Å². The van der Waals surface area contributed by atoms with E-state index < -0.39 is 0 Å². The lowest BCUT2D eigenvalue weighted by Crippen LogP contribution is -2.06. The van der Waals surface area contributed by atoms with Crippen molar-refractivity contribution in [1.29, 1.82) is 0 Å². The summed E-state index contributed by atoms with van der Waals surface area (Å²) in [6, 6.07) is 2.16. The van der Waals surface area contributed by atoms with Crippen molar-refractivity contribution < 1.29 is 9.53 Å². The first-order valence-electron chi connectivity index (χ1n) is 6.89. The fourth-order valence-electron chi connectivity index (χ4n) is 2.83. The summed E-state index contributed by atoms with van der Waals surface area (Å²) in [6.45, 7) is 4.11. The first kappa shape index (κ1) is 12.2. The monoisotopic (exact) mass is 258 g/mol. The van der Waals surface area contributed by atoms with E-state index >= 15 is 0 Å². The summed E-state index contributed by atoms with van der Waals surface area (Å²) in [5, 5.41) is 0. The molecule has 0 aromatic carbocycles. The number of fused-ring (bicyclic) bond motifs is 3. The van der Waals surface area contributed by atoms with Crippen molar-refractivity contribution in [2.24, 2.45) is 0 Å². The smallest absolute Gasteiger partial charge is 0.358 e. The van der Waals surface area contributed by atoms with Gasteiger partial charge in [0.05, 0.1) is 12.3 Å². The Morgan fingerprint density at radius 1 is 1.42 bits per heavy atom. The van der Waals surface area contributed by atoms with Gasteiger partial charge in [0.25, 0.3) is 0 Å². The number of hydrogen-bond donors (Lipinski definition) is 0. The predicted octanol–water partition coefficient (Wildman–Crippen LogP) is 2.70. The van der Waals surface area contributed by atoms with Crippen LogP contribution in [0.4, 0.5) is 0 Å². The third-order valence-corrected chi connectivity index (χ3v) is 3.82. The van der Waals surface area contributed by atoms with Gasteiger partial charge in [0.2, 0.25) is 0 Å². The number of rotatable bonds is 2. The van der Waals surface area contributed by atoms with E-state index in [0.717, 1.165) is 24.2 Å².